The second-order valence-electron chi connectivity index (χ2n) is 4.88. The molecule has 0 radical (unpaired) electrons. The summed E-state index contributed by atoms with van der Waals surface area (Å²) in [6.07, 6.45) is 0. The highest BCUT2D eigenvalue weighted by Crippen LogP contribution is 2.18. The molecular weight excluding hydrogens is 286 g/mol. The first kappa shape index (κ1) is 15.6. The number of rotatable bonds is 6. The zero-order chi connectivity index (χ0) is 16.1. The van der Waals surface area contributed by atoms with E-state index in [1.165, 1.54) is 0 Å². The van der Waals surface area contributed by atoms with Gasteiger partial charge in [0.05, 0.1) is 6.54 Å². The number of aliphatic carboxylic acids is 1. The molecule has 7 nitrogen and oxygen atoms in total. The lowest BCUT2D eigenvalue weighted by atomic mass is 10.2. The summed E-state index contributed by atoms with van der Waals surface area (Å²) in [5, 5.41) is 14.1. The lowest BCUT2D eigenvalue weighted by molar-refractivity contribution is -0.137. The number of aryl methyl sites for hydroxylation is 1. The van der Waals surface area contributed by atoms with Gasteiger partial charge in [-0.1, -0.05) is 18.2 Å². The quantitative estimate of drug-likeness (QED) is 0.713. The normalized spacial score (nSPS) is 10.4. The highest BCUT2D eigenvalue weighted by Gasteiger charge is 2.10. The molecular formula is C15H17N3O4. The van der Waals surface area contributed by atoms with E-state index in [1.54, 1.807) is 0 Å². The number of carboxylic acid groups (broad SMARTS) is 1. The summed E-state index contributed by atoms with van der Waals surface area (Å²) in [5.41, 5.74) is 1.90. The van der Waals surface area contributed by atoms with E-state index in [2.05, 4.69) is 10.6 Å². The highest BCUT2D eigenvalue weighted by molar-refractivity contribution is 5.88. The van der Waals surface area contributed by atoms with Gasteiger partial charge in [-0.2, -0.15) is 0 Å². The van der Waals surface area contributed by atoms with Crippen molar-refractivity contribution in [2.24, 2.45) is 0 Å². The fraction of sp³-hybridized carbons (Fsp3) is 0.267. The number of nitrogens with zero attached hydrogens (tertiary/aromatic N) is 1. The smallest absolute Gasteiger partial charge is 0.322 e. The number of carboxylic acids is 1. The van der Waals surface area contributed by atoms with Gasteiger partial charge in [-0.15, -0.1) is 0 Å². The Morgan fingerprint density at radius 3 is 2.50 bits per heavy atom. The number of amides is 2. The minimum atomic E-state index is -1.13. The molecule has 0 aliphatic rings. The number of hydrogen-bond donors (Lipinski definition) is 3. The van der Waals surface area contributed by atoms with Crippen LogP contribution < -0.4 is 10.6 Å². The van der Waals surface area contributed by atoms with Crippen molar-refractivity contribution >= 4 is 28.7 Å². The first-order valence-corrected chi connectivity index (χ1v) is 6.77. The van der Waals surface area contributed by atoms with Gasteiger partial charge in [-0.25, -0.2) is 0 Å². The summed E-state index contributed by atoms with van der Waals surface area (Å²) in [5.74, 6) is -1.98. The van der Waals surface area contributed by atoms with Crippen molar-refractivity contribution in [1.82, 2.24) is 15.2 Å². The minimum Gasteiger partial charge on any atom is -0.480 e. The van der Waals surface area contributed by atoms with Crippen LogP contribution in [-0.4, -0.2) is 40.5 Å². The van der Waals surface area contributed by atoms with Crippen molar-refractivity contribution in [3.05, 3.63) is 36.0 Å². The van der Waals surface area contributed by atoms with E-state index < -0.39 is 18.4 Å². The molecule has 1 aromatic heterocycles. The molecule has 7 heteroatoms. The van der Waals surface area contributed by atoms with Gasteiger partial charge in [0.2, 0.25) is 11.8 Å². The van der Waals surface area contributed by atoms with Crippen LogP contribution in [0.3, 0.4) is 0 Å². The number of carbonyl (C=O) groups is 3. The van der Waals surface area contributed by atoms with Crippen LogP contribution in [0.4, 0.5) is 0 Å². The number of aromatic nitrogens is 1. The molecule has 1 aromatic carbocycles. The van der Waals surface area contributed by atoms with Crippen molar-refractivity contribution in [2.45, 2.75) is 13.5 Å². The molecule has 0 atom stereocenters. The van der Waals surface area contributed by atoms with E-state index in [1.807, 2.05) is 41.8 Å². The Hall–Kier alpha value is -2.83. The summed E-state index contributed by atoms with van der Waals surface area (Å²) in [7, 11) is 0. The molecule has 2 aromatic rings. The first-order valence-electron chi connectivity index (χ1n) is 6.77. The Morgan fingerprint density at radius 2 is 1.77 bits per heavy atom. The molecule has 0 bridgehead atoms. The molecule has 0 fully saturated rings. The molecule has 3 N–H and O–H groups in total. The zero-order valence-corrected chi connectivity index (χ0v) is 12.1. The van der Waals surface area contributed by atoms with Crippen molar-refractivity contribution in [3.63, 3.8) is 0 Å². The maximum absolute atomic E-state index is 11.9. The topological polar surface area (TPSA) is 100 Å². The lowest BCUT2D eigenvalue weighted by Crippen LogP contribution is -2.40. The number of nitrogens with one attached hydrogen (secondary N) is 2. The highest BCUT2D eigenvalue weighted by atomic mass is 16.4. The van der Waals surface area contributed by atoms with Gasteiger partial charge in [0.25, 0.3) is 0 Å². The summed E-state index contributed by atoms with van der Waals surface area (Å²) in [6, 6.07) is 9.71. The largest absolute Gasteiger partial charge is 0.480 e. The number of hydrogen-bond acceptors (Lipinski definition) is 3. The fourth-order valence-electron chi connectivity index (χ4n) is 2.17. The van der Waals surface area contributed by atoms with E-state index >= 15 is 0 Å². The molecule has 0 saturated heterocycles. The van der Waals surface area contributed by atoms with Gasteiger partial charge in [0, 0.05) is 11.2 Å². The van der Waals surface area contributed by atoms with Crippen LogP contribution in [0.1, 0.15) is 5.69 Å². The molecule has 116 valence electrons. The van der Waals surface area contributed by atoms with Crippen LogP contribution in [0.2, 0.25) is 0 Å². The van der Waals surface area contributed by atoms with Gasteiger partial charge in [-0.3, -0.25) is 14.4 Å². The third kappa shape index (κ3) is 3.85. The Balaban J connectivity index is 1.93. The van der Waals surface area contributed by atoms with Crippen LogP contribution >= 0.6 is 0 Å². The third-order valence-corrected chi connectivity index (χ3v) is 3.20. The molecule has 0 unspecified atom stereocenters. The Kier molecular flexibility index (Phi) is 4.77. The van der Waals surface area contributed by atoms with Gasteiger partial charge in [0.1, 0.15) is 13.1 Å². The second kappa shape index (κ2) is 6.75. The molecule has 0 spiro atoms. The molecule has 2 rings (SSSR count). The number of fused-ring (bicyclic) bond motifs is 1. The number of carbonyl (C=O) groups excluding carboxylic acids is 2. The van der Waals surface area contributed by atoms with Gasteiger partial charge in [-0.05, 0) is 24.4 Å². The van der Waals surface area contributed by atoms with Crippen LogP contribution in [-0.2, 0) is 20.9 Å². The van der Waals surface area contributed by atoms with E-state index in [0.29, 0.717) is 0 Å². The maximum atomic E-state index is 11.9. The van der Waals surface area contributed by atoms with Crippen LogP contribution in [0.5, 0.6) is 0 Å². The second-order valence-corrected chi connectivity index (χ2v) is 4.88. The molecule has 1 heterocycles. The van der Waals surface area contributed by atoms with Crippen molar-refractivity contribution in [3.8, 4) is 0 Å². The van der Waals surface area contributed by atoms with Crippen LogP contribution in [0.15, 0.2) is 30.3 Å². The van der Waals surface area contributed by atoms with Crippen LogP contribution in [0.25, 0.3) is 10.9 Å². The van der Waals surface area contributed by atoms with E-state index in [4.69, 9.17) is 5.11 Å². The van der Waals surface area contributed by atoms with Crippen molar-refractivity contribution < 1.29 is 19.5 Å². The Bertz CT molecular complexity index is 721. The first-order chi connectivity index (χ1) is 10.5. The standard InChI is InChI=1S/C15H17N3O4/c1-10-6-11-4-2-3-5-12(11)18(10)9-14(20)16-7-13(19)17-8-15(21)22/h2-6H,7-9H2,1H3,(H,16,20)(H,17,19)(H,21,22). The lowest BCUT2D eigenvalue weighted by Gasteiger charge is -2.09. The number of benzene rings is 1. The fourth-order valence-corrected chi connectivity index (χ4v) is 2.17. The summed E-state index contributed by atoms with van der Waals surface area (Å²) >= 11 is 0. The average Bonchev–Trinajstić information content (AvgIpc) is 2.79. The molecule has 22 heavy (non-hydrogen) atoms. The maximum Gasteiger partial charge on any atom is 0.322 e. The van der Waals surface area contributed by atoms with Crippen molar-refractivity contribution in [1.29, 1.82) is 0 Å². The summed E-state index contributed by atoms with van der Waals surface area (Å²) in [4.78, 5) is 33.6. The van der Waals surface area contributed by atoms with E-state index in [9.17, 15) is 14.4 Å². The van der Waals surface area contributed by atoms with Crippen LogP contribution in [0, 0.1) is 6.92 Å². The Labute approximate surface area is 126 Å². The molecule has 0 aliphatic carbocycles. The van der Waals surface area contributed by atoms with Gasteiger partial charge in [0.15, 0.2) is 0 Å². The van der Waals surface area contributed by atoms with Crippen molar-refractivity contribution in [2.75, 3.05) is 13.1 Å². The summed E-state index contributed by atoms with van der Waals surface area (Å²) in [6.45, 7) is 1.30. The Morgan fingerprint density at radius 1 is 1.09 bits per heavy atom. The SMILES string of the molecule is Cc1cc2ccccc2n1CC(=O)NCC(=O)NCC(=O)O. The number of para-hydroxylation sites is 1. The van der Waals surface area contributed by atoms with Gasteiger partial charge >= 0.3 is 5.97 Å². The summed E-state index contributed by atoms with van der Waals surface area (Å²) < 4.78 is 1.86. The third-order valence-electron chi connectivity index (χ3n) is 3.20. The van der Waals surface area contributed by atoms with E-state index in [-0.39, 0.29) is 19.0 Å². The molecule has 2 amide bonds. The monoisotopic (exact) mass is 303 g/mol. The van der Waals surface area contributed by atoms with Gasteiger partial charge < -0.3 is 20.3 Å². The average molecular weight is 303 g/mol. The predicted molar refractivity (Wildman–Crippen MR) is 80.3 cm³/mol. The minimum absolute atomic E-state index is 0.103. The predicted octanol–water partition coefficient (Wildman–Crippen LogP) is 0.267. The zero-order valence-electron chi connectivity index (χ0n) is 12.1. The molecule has 0 aliphatic heterocycles. The molecule has 0 saturated carbocycles. The van der Waals surface area contributed by atoms with E-state index in [0.717, 1.165) is 16.6 Å².